The first-order valence-corrected chi connectivity index (χ1v) is 4.53. The maximum Gasteiger partial charge on any atom is 0.333 e. The fraction of sp³-hybridized carbons (Fsp3) is 0.455. The Hall–Kier alpha value is -1.58. The van der Waals surface area contributed by atoms with Gasteiger partial charge in [-0.2, -0.15) is 0 Å². The van der Waals surface area contributed by atoms with Crippen molar-refractivity contribution in [1.82, 2.24) is 0 Å². The summed E-state index contributed by atoms with van der Waals surface area (Å²) >= 11 is 0. The minimum atomic E-state index is -0.492. The second-order valence-electron chi connectivity index (χ2n) is 3.38. The summed E-state index contributed by atoms with van der Waals surface area (Å²) in [5, 5.41) is 0. The molecule has 0 aliphatic carbocycles. The Morgan fingerprint density at radius 3 is 2.00 bits per heavy atom. The number of esters is 2. The van der Waals surface area contributed by atoms with E-state index in [4.69, 9.17) is 9.47 Å². The topological polar surface area (TPSA) is 52.6 Å². The van der Waals surface area contributed by atoms with Crippen LogP contribution in [-0.2, 0) is 19.1 Å². The van der Waals surface area contributed by atoms with Crippen LogP contribution in [0, 0.1) is 0 Å². The van der Waals surface area contributed by atoms with Crippen LogP contribution in [0.2, 0.25) is 0 Å². The van der Waals surface area contributed by atoms with Crippen molar-refractivity contribution in [3.63, 3.8) is 0 Å². The van der Waals surface area contributed by atoms with Crippen LogP contribution in [0.5, 0.6) is 0 Å². The van der Waals surface area contributed by atoms with E-state index < -0.39 is 18.0 Å². The first-order chi connectivity index (χ1) is 6.84. The highest BCUT2D eigenvalue weighted by atomic mass is 16.6. The maximum atomic E-state index is 11.1. The summed E-state index contributed by atoms with van der Waals surface area (Å²) in [4.78, 5) is 22.0. The highest BCUT2D eigenvalue weighted by Crippen LogP contribution is 2.00. The molecule has 4 nitrogen and oxygen atoms in total. The van der Waals surface area contributed by atoms with Gasteiger partial charge in [-0.15, -0.1) is 0 Å². The molecule has 0 rings (SSSR count). The lowest BCUT2D eigenvalue weighted by molar-refractivity contribution is -0.152. The van der Waals surface area contributed by atoms with E-state index in [-0.39, 0.29) is 6.61 Å². The van der Waals surface area contributed by atoms with Crippen molar-refractivity contribution in [3.8, 4) is 0 Å². The van der Waals surface area contributed by atoms with Crippen LogP contribution in [0.15, 0.2) is 24.3 Å². The smallest absolute Gasteiger partial charge is 0.333 e. The molecule has 15 heavy (non-hydrogen) atoms. The third-order valence-electron chi connectivity index (χ3n) is 1.45. The second-order valence-corrected chi connectivity index (χ2v) is 3.38. The highest BCUT2D eigenvalue weighted by Gasteiger charge is 2.12. The summed E-state index contributed by atoms with van der Waals surface area (Å²) in [6.07, 6.45) is -0.488. The van der Waals surface area contributed by atoms with Gasteiger partial charge in [0.2, 0.25) is 0 Å². The largest absolute Gasteiger partial charge is 0.458 e. The Kier molecular flexibility index (Phi) is 5.37. The zero-order valence-electron chi connectivity index (χ0n) is 9.33. The fourth-order valence-corrected chi connectivity index (χ4v) is 0.634. The van der Waals surface area contributed by atoms with Gasteiger partial charge in [0.25, 0.3) is 0 Å². The van der Waals surface area contributed by atoms with Gasteiger partial charge in [-0.3, -0.25) is 0 Å². The summed E-state index contributed by atoms with van der Waals surface area (Å²) in [6, 6.07) is 0. The van der Waals surface area contributed by atoms with Crippen molar-refractivity contribution in [3.05, 3.63) is 24.3 Å². The molecule has 0 N–H and O–H groups in total. The third-order valence-corrected chi connectivity index (χ3v) is 1.45. The van der Waals surface area contributed by atoms with Gasteiger partial charge in [0, 0.05) is 11.1 Å². The van der Waals surface area contributed by atoms with Crippen molar-refractivity contribution in [2.45, 2.75) is 26.9 Å². The van der Waals surface area contributed by atoms with Gasteiger partial charge in [0.05, 0.1) is 0 Å². The summed E-state index contributed by atoms with van der Waals surface area (Å²) in [7, 11) is 0. The molecular formula is C11H16O4. The van der Waals surface area contributed by atoms with Gasteiger partial charge in [0.15, 0.2) is 0 Å². The normalized spacial score (nSPS) is 11.4. The molecule has 0 radical (unpaired) electrons. The molecule has 0 saturated heterocycles. The van der Waals surface area contributed by atoms with E-state index in [0.29, 0.717) is 11.1 Å². The van der Waals surface area contributed by atoms with Crippen molar-refractivity contribution >= 4 is 11.9 Å². The van der Waals surface area contributed by atoms with Crippen molar-refractivity contribution < 1.29 is 19.1 Å². The minimum absolute atomic E-state index is 0.0186. The molecular weight excluding hydrogens is 196 g/mol. The molecule has 0 bridgehead atoms. The Morgan fingerprint density at radius 1 is 1.13 bits per heavy atom. The molecule has 4 heteroatoms. The number of carbonyl (C=O) groups excluding carboxylic acids is 2. The van der Waals surface area contributed by atoms with Crippen LogP contribution < -0.4 is 0 Å². The van der Waals surface area contributed by atoms with Crippen LogP contribution in [0.1, 0.15) is 20.8 Å². The number of hydrogen-bond acceptors (Lipinski definition) is 4. The van der Waals surface area contributed by atoms with E-state index in [1.54, 1.807) is 20.8 Å². The van der Waals surface area contributed by atoms with E-state index in [1.165, 1.54) is 0 Å². The standard InChI is InChI=1S/C11H16O4/c1-7(2)10(12)14-6-9(5)15-11(13)8(3)4/h9H,1,3,6H2,2,4-5H3/t9-/m0/s1. The van der Waals surface area contributed by atoms with Crippen LogP contribution in [0.4, 0.5) is 0 Å². The van der Waals surface area contributed by atoms with E-state index in [1.807, 2.05) is 0 Å². The predicted molar refractivity (Wildman–Crippen MR) is 56.1 cm³/mol. The lowest BCUT2D eigenvalue weighted by Crippen LogP contribution is -2.22. The zero-order chi connectivity index (χ0) is 12.0. The van der Waals surface area contributed by atoms with Gasteiger partial charge in [-0.25, -0.2) is 9.59 Å². The van der Waals surface area contributed by atoms with Crippen molar-refractivity contribution in [2.75, 3.05) is 6.61 Å². The van der Waals surface area contributed by atoms with E-state index in [2.05, 4.69) is 13.2 Å². The highest BCUT2D eigenvalue weighted by molar-refractivity contribution is 5.87. The minimum Gasteiger partial charge on any atom is -0.458 e. The molecule has 0 spiro atoms. The fourth-order valence-electron chi connectivity index (χ4n) is 0.634. The Balaban J connectivity index is 3.90. The molecule has 0 heterocycles. The zero-order valence-corrected chi connectivity index (χ0v) is 9.33. The molecule has 1 atom stereocenters. The SMILES string of the molecule is C=C(C)C(=O)OC[C@H](C)OC(=O)C(=C)C. The maximum absolute atomic E-state index is 11.1. The average molecular weight is 212 g/mol. The summed E-state index contributed by atoms with van der Waals surface area (Å²) in [5.41, 5.74) is 0.626. The van der Waals surface area contributed by atoms with Gasteiger partial charge in [-0.1, -0.05) is 13.2 Å². The Bertz CT molecular complexity index is 291. The summed E-state index contributed by atoms with van der Waals surface area (Å²) < 4.78 is 9.70. The number of carbonyl (C=O) groups is 2. The Labute approximate surface area is 89.6 Å². The van der Waals surface area contributed by atoms with E-state index >= 15 is 0 Å². The number of ether oxygens (including phenoxy) is 2. The van der Waals surface area contributed by atoms with Crippen molar-refractivity contribution in [2.24, 2.45) is 0 Å². The van der Waals surface area contributed by atoms with Crippen LogP contribution >= 0.6 is 0 Å². The van der Waals surface area contributed by atoms with E-state index in [9.17, 15) is 9.59 Å². The first kappa shape index (κ1) is 13.4. The van der Waals surface area contributed by atoms with Crippen LogP contribution in [-0.4, -0.2) is 24.6 Å². The monoisotopic (exact) mass is 212 g/mol. The molecule has 0 saturated carbocycles. The average Bonchev–Trinajstić information content (AvgIpc) is 2.13. The molecule has 84 valence electrons. The van der Waals surface area contributed by atoms with Gasteiger partial charge < -0.3 is 9.47 Å². The molecule has 0 amide bonds. The molecule has 0 aromatic rings. The third kappa shape index (κ3) is 5.67. The predicted octanol–water partition coefficient (Wildman–Crippen LogP) is 1.61. The van der Waals surface area contributed by atoms with Crippen LogP contribution in [0.3, 0.4) is 0 Å². The molecule has 0 aliphatic rings. The lowest BCUT2D eigenvalue weighted by atomic mass is 10.3. The van der Waals surface area contributed by atoms with Gasteiger partial charge >= 0.3 is 11.9 Å². The molecule has 0 aromatic heterocycles. The molecule has 0 aliphatic heterocycles. The van der Waals surface area contributed by atoms with Gasteiger partial charge in [-0.05, 0) is 20.8 Å². The quantitative estimate of drug-likeness (QED) is 0.513. The van der Waals surface area contributed by atoms with Gasteiger partial charge in [0.1, 0.15) is 12.7 Å². The summed E-state index contributed by atoms with van der Waals surface area (Å²) in [5.74, 6) is -0.984. The van der Waals surface area contributed by atoms with Crippen molar-refractivity contribution in [1.29, 1.82) is 0 Å². The first-order valence-electron chi connectivity index (χ1n) is 4.53. The number of hydrogen-bond donors (Lipinski definition) is 0. The molecule has 0 aromatic carbocycles. The second kappa shape index (κ2) is 6.01. The van der Waals surface area contributed by atoms with Crippen LogP contribution in [0.25, 0.3) is 0 Å². The summed E-state index contributed by atoms with van der Waals surface area (Å²) in [6.45, 7) is 11.6. The molecule has 0 unspecified atom stereocenters. The molecule has 0 fully saturated rings. The number of rotatable bonds is 5. The Morgan fingerprint density at radius 2 is 1.60 bits per heavy atom. The lowest BCUT2D eigenvalue weighted by Gasteiger charge is -2.13. The van der Waals surface area contributed by atoms with E-state index in [0.717, 1.165) is 0 Å².